The van der Waals surface area contributed by atoms with Crippen LogP contribution in [-0.2, 0) is 5.41 Å². The normalized spacial score (nSPS) is 11.8. The average Bonchev–Trinajstić information content (AvgIpc) is 2.96. The first-order valence-corrected chi connectivity index (χ1v) is 10.3. The fourth-order valence-electron chi connectivity index (χ4n) is 3.46. The second kappa shape index (κ2) is 8.49. The lowest BCUT2D eigenvalue weighted by Crippen LogP contribution is -2.18. The zero-order valence-electron chi connectivity index (χ0n) is 18.4. The predicted molar refractivity (Wildman–Crippen MR) is 125 cm³/mol. The fraction of sp³-hybridized carbons (Fsp3) is 0.280. The molecule has 3 rings (SSSR count). The first-order chi connectivity index (χ1) is 14.1. The van der Waals surface area contributed by atoms with E-state index in [2.05, 4.69) is 42.8 Å². The quantitative estimate of drug-likeness (QED) is 0.400. The van der Waals surface area contributed by atoms with Crippen LogP contribution < -0.4 is 5.43 Å². The Labute approximate surface area is 183 Å². The van der Waals surface area contributed by atoms with Crippen LogP contribution in [0.15, 0.2) is 53.6 Å². The summed E-state index contributed by atoms with van der Waals surface area (Å²) in [6.07, 6.45) is 1.68. The zero-order valence-corrected chi connectivity index (χ0v) is 19.1. The van der Waals surface area contributed by atoms with Gasteiger partial charge in [0.1, 0.15) is 0 Å². The third-order valence-corrected chi connectivity index (χ3v) is 5.50. The Kier molecular flexibility index (Phi) is 6.18. The standard InChI is InChI=1S/C25H28ClN3O/c1-16-7-12-22(26)14-23(16)29-17(2)13-20(18(29)3)15-27-28-24(30)19-8-10-21(11-9-19)25(4,5)6/h7-15H,1-6H3,(H,28,30)/b27-15-. The Morgan fingerprint density at radius 1 is 1.03 bits per heavy atom. The van der Waals surface area contributed by atoms with Crippen LogP contribution in [0, 0.1) is 20.8 Å². The maximum atomic E-state index is 12.4. The number of hydrogen-bond donors (Lipinski definition) is 1. The molecule has 0 fully saturated rings. The van der Waals surface area contributed by atoms with Crippen molar-refractivity contribution in [2.45, 2.75) is 47.0 Å². The summed E-state index contributed by atoms with van der Waals surface area (Å²) in [5.41, 5.74) is 9.67. The van der Waals surface area contributed by atoms with Crippen LogP contribution in [0.3, 0.4) is 0 Å². The third-order valence-electron chi connectivity index (χ3n) is 5.27. The topological polar surface area (TPSA) is 46.4 Å². The highest BCUT2D eigenvalue weighted by Crippen LogP contribution is 2.25. The van der Waals surface area contributed by atoms with Gasteiger partial charge in [-0.3, -0.25) is 4.79 Å². The molecular formula is C25H28ClN3O. The number of nitrogens with one attached hydrogen (secondary N) is 1. The molecule has 156 valence electrons. The molecule has 3 aromatic rings. The first kappa shape index (κ1) is 21.8. The Morgan fingerprint density at radius 2 is 1.70 bits per heavy atom. The number of benzene rings is 2. The number of rotatable bonds is 4. The Bertz CT molecular complexity index is 1100. The Balaban J connectivity index is 1.77. The van der Waals surface area contributed by atoms with Gasteiger partial charge in [-0.2, -0.15) is 5.10 Å². The summed E-state index contributed by atoms with van der Waals surface area (Å²) in [5, 5.41) is 4.87. The van der Waals surface area contributed by atoms with Crippen LogP contribution in [0.25, 0.3) is 5.69 Å². The maximum absolute atomic E-state index is 12.4. The van der Waals surface area contributed by atoms with Gasteiger partial charge in [0.15, 0.2) is 0 Å². The summed E-state index contributed by atoms with van der Waals surface area (Å²) in [6.45, 7) is 12.6. The largest absolute Gasteiger partial charge is 0.318 e. The van der Waals surface area contributed by atoms with Gasteiger partial charge in [-0.1, -0.05) is 50.6 Å². The van der Waals surface area contributed by atoms with E-state index in [9.17, 15) is 4.79 Å². The van der Waals surface area contributed by atoms with Crippen LogP contribution >= 0.6 is 11.6 Å². The van der Waals surface area contributed by atoms with Crippen molar-refractivity contribution in [1.82, 2.24) is 9.99 Å². The van der Waals surface area contributed by atoms with Gasteiger partial charge in [-0.25, -0.2) is 5.43 Å². The maximum Gasteiger partial charge on any atom is 0.271 e. The van der Waals surface area contributed by atoms with Gasteiger partial charge in [0.25, 0.3) is 5.91 Å². The summed E-state index contributed by atoms with van der Waals surface area (Å²) in [6, 6.07) is 15.5. The molecular weight excluding hydrogens is 394 g/mol. The highest BCUT2D eigenvalue weighted by Gasteiger charge is 2.14. The molecule has 2 aromatic carbocycles. The molecule has 0 aliphatic carbocycles. The van der Waals surface area contributed by atoms with Gasteiger partial charge < -0.3 is 4.57 Å². The smallest absolute Gasteiger partial charge is 0.271 e. The van der Waals surface area contributed by atoms with E-state index in [1.54, 1.807) is 6.21 Å². The van der Waals surface area contributed by atoms with E-state index in [1.165, 1.54) is 5.56 Å². The highest BCUT2D eigenvalue weighted by atomic mass is 35.5. The van der Waals surface area contributed by atoms with Crippen molar-refractivity contribution in [1.29, 1.82) is 0 Å². The number of carbonyl (C=O) groups is 1. The summed E-state index contributed by atoms with van der Waals surface area (Å²) in [4.78, 5) is 12.4. The van der Waals surface area contributed by atoms with Crippen LogP contribution in [0.4, 0.5) is 0 Å². The van der Waals surface area contributed by atoms with E-state index in [-0.39, 0.29) is 11.3 Å². The molecule has 30 heavy (non-hydrogen) atoms. The van der Waals surface area contributed by atoms with Gasteiger partial charge in [0.05, 0.1) is 6.21 Å². The molecule has 0 aliphatic rings. The fourth-order valence-corrected chi connectivity index (χ4v) is 3.63. The minimum absolute atomic E-state index is 0.0526. The number of hydrogen-bond acceptors (Lipinski definition) is 2. The molecule has 0 spiro atoms. The number of aromatic nitrogens is 1. The molecule has 0 saturated carbocycles. The first-order valence-electron chi connectivity index (χ1n) is 9.97. The number of carbonyl (C=O) groups excluding carboxylic acids is 1. The molecule has 1 N–H and O–H groups in total. The predicted octanol–water partition coefficient (Wildman–Crippen LogP) is 6.12. The highest BCUT2D eigenvalue weighted by molar-refractivity contribution is 6.30. The lowest BCUT2D eigenvalue weighted by Gasteiger charge is -2.18. The molecule has 0 saturated heterocycles. The van der Waals surface area contributed by atoms with E-state index < -0.39 is 0 Å². The molecule has 1 aromatic heterocycles. The van der Waals surface area contributed by atoms with E-state index >= 15 is 0 Å². The number of nitrogens with zero attached hydrogens (tertiary/aromatic N) is 2. The lowest BCUT2D eigenvalue weighted by molar-refractivity contribution is 0.0955. The molecule has 0 unspecified atom stereocenters. The molecule has 5 heteroatoms. The molecule has 0 radical (unpaired) electrons. The van der Waals surface area contributed by atoms with Crippen LogP contribution in [0.2, 0.25) is 5.02 Å². The van der Waals surface area contributed by atoms with Crippen molar-refractivity contribution < 1.29 is 4.79 Å². The van der Waals surface area contributed by atoms with Gasteiger partial charge in [-0.15, -0.1) is 0 Å². The summed E-state index contributed by atoms with van der Waals surface area (Å²) < 4.78 is 2.15. The van der Waals surface area contributed by atoms with Crippen LogP contribution in [0.5, 0.6) is 0 Å². The van der Waals surface area contributed by atoms with E-state index in [0.29, 0.717) is 10.6 Å². The number of amides is 1. The van der Waals surface area contributed by atoms with E-state index in [1.807, 2.05) is 62.4 Å². The summed E-state index contributed by atoms with van der Waals surface area (Å²) in [7, 11) is 0. The van der Waals surface area contributed by atoms with Gasteiger partial charge >= 0.3 is 0 Å². The minimum Gasteiger partial charge on any atom is -0.318 e. The molecule has 1 amide bonds. The molecule has 0 aliphatic heterocycles. The van der Waals surface area contributed by atoms with Gasteiger partial charge in [0, 0.05) is 33.2 Å². The number of aryl methyl sites for hydroxylation is 2. The Hall–Kier alpha value is -2.85. The van der Waals surface area contributed by atoms with E-state index in [0.717, 1.165) is 28.2 Å². The van der Waals surface area contributed by atoms with E-state index in [4.69, 9.17) is 11.6 Å². The zero-order chi connectivity index (χ0) is 22.1. The average molecular weight is 422 g/mol. The monoisotopic (exact) mass is 421 g/mol. The van der Waals surface area contributed by atoms with Crippen LogP contribution in [0.1, 0.15) is 59.2 Å². The van der Waals surface area contributed by atoms with Crippen molar-refractivity contribution in [2.24, 2.45) is 5.10 Å². The van der Waals surface area contributed by atoms with Crippen LogP contribution in [-0.4, -0.2) is 16.7 Å². The summed E-state index contributed by atoms with van der Waals surface area (Å²) in [5.74, 6) is -0.230. The summed E-state index contributed by atoms with van der Waals surface area (Å²) >= 11 is 6.20. The molecule has 4 nitrogen and oxygen atoms in total. The van der Waals surface area contributed by atoms with Gasteiger partial charge in [0.2, 0.25) is 0 Å². The Morgan fingerprint density at radius 3 is 2.33 bits per heavy atom. The van der Waals surface area contributed by atoms with Crippen molar-refractivity contribution >= 4 is 23.7 Å². The number of halogens is 1. The van der Waals surface area contributed by atoms with Crippen molar-refractivity contribution in [3.63, 3.8) is 0 Å². The van der Waals surface area contributed by atoms with Crippen molar-refractivity contribution in [3.8, 4) is 5.69 Å². The molecule has 0 atom stereocenters. The number of hydrazone groups is 1. The van der Waals surface area contributed by atoms with Crippen molar-refractivity contribution in [2.75, 3.05) is 0 Å². The molecule has 1 heterocycles. The third kappa shape index (κ3) is 4.65. The van der Waals surface area contributed by atoms with Crippen molar-refractivity contribution in [3.05, 3.63) is 87.2 Å². The van der Waals surface area contributed by atoms with Gasteiger partial charge in [-0.05, 0) is 67.6 Å². The molecule has 0 bridgehead atoms. The second-order valence-electron chi connectivity index (χ2n) is 8.62. The minimum atomic E-state index is -0.230. The second-order valence-corrected chi connectivity index (χ2v) is 9.06. The SMILES string of the molecule is Cc1ccc(Cl)cc1-n1c(C)cc(/C=N\NC(=O)c2ccc(C(C)(C)C)cc2)c1C. The lowest BCUT2D eigenvalue weighted by atomic mass is 9.87.